The van der Waals surface area contributed by atoms with Gasteiger partial charge in [0.2, 0.25) is 0 Å². The summed E-state index contributed by atoms with van der Waals surface area (Å²) >= 11 is 0. The molecule has 0 heterocycles. The molecular formula is C25H42O3. The summed E-state index contributed by atoms with van der Waals surface area (Å²) in [5, 5.41) is 17.8. The number of carboxylic acid groups (broad SMARTS) is 1. The molecular weight excluding hydrogens is 348 g/mol. The summed E-state index contributed by atoms with van der Waals surface area (Å²) in [7, 11) is 0. The lowest BCUT2D eigenvalue weighted by Crippen LogP contribution is -2.17. The second-order valence-electron chi connectivity index (χ2n) is 8.19. The molecule has 1 atom stereocenters. The van der Waals surface area contributed by atoms with Crippen LogP contribution >= 0.6 is 0 Å². The highest BCUT2D eigenvalue weighted by atomic mass is 16.4. The normalized spacial score (nSPS) is 12.2. The van der Waals surface area contributed by atoms with Crippen LogP contribution in [0.4, 0.5) is 0 Å². The first-order valence-electron chi connectivity index (χ1n) is 11.6. The number of hydrogen-bond acceptors (Lipinski definition) is 2. The van der Waals surface area contributed by atoms with Gasteiger partial charge in [-0.25, -0.2) is 0 Å². The first-order valence-corrected chi connectivity index (χ1v) is 11.6. The number of unbranched alkanes of at least 4 members (excludes halogenated alkanes) is 13. The van der Waals surface area contributed by atoms with Gasteiger partial charge in [0.05, 0.1) is 12.5 Å². The minimum atomic E-state index is -0.866. The van der Waals surface area contributed by atoms with Crippen molar-refractivity contribution in [2.75, 3.05) is 6.61 Å². The lowest BCUT2D eigenvalue weighted by molar-refractivity contribution is -0.143. The van der Waals surface area contributed by atoms with Crippen LogP contribution < -0.4 is 0 Å². The van der Waals surface area contributed by atoms with Crippen molar-refractivity contribution in [2.24, 2.45) is 5.92 Å². The van der Waals surface area contributed by atoms with Crippen LogP contribution in [0.3, 0.4) is 0 Å². The zero-order valence-electron chi connectivity index (χ0n) is 17.8. The van der Waals surface area contributed by atoms with Gasteiger partial charge in [0, 0.05) is 0 Å². The highest BCUT2D eigenvalue weighted by molar-refractivity contribution is 5.69. The van der Waals surface area contributed by atoms with Gasteiger partial charge in [0.1, 0.15) is 0 Å². The van der Waals surface area contributed by atoms with Gasteiger partial charge in [-0.1, -0.05) is 114 Å². The van der Waals surface area contributed by atoms with Crippen LogP contribution in [-0.4, -0.2) is 22.8 Å². The predicted molar refractivity (Wildman–Crippen MR) is 118 cm³/mol. The molecule has 2 N–H and O–H groups in total. The topological polar surface area (TPSA) is 57.5 Å². The largest absolute Gasteiger partial charge is 0.481 e. The third kappa shape index (κ3) is 13.8. The summed E-state index contributed by atoms with van der Waals surface area (Å²) in [5.41, 5.74) is 1.47. The number of benzene rings is 1. The Labute approximate surface area is 172 Å². The van der Waals surface area contributed by atoms with Crippen molar-refractivity contribution in [3.8, 4) is 0 Å². The quantitative estimate of drug-likeness (QED) is 0.256. The van der Waals surface area contributed by atoms with Crippen LogP contribution in [0.5, 0.6) is 0 Å². The molecule has 0 aliphatic carbocycles. The zero-order chi connectivity index (χ0) is 20.3. The van der Waals surface area contributed by atoms with Crippen molar-refractivity contribution in [3.63, 3.8) is 0 Å². The van der Waals surface area contributed by atoms with Crippen molar-refractivity contribution in [2.45, 2.75) is 103 Å². The molecule has 1 aromatic carbocycles. The fourth-order valence-electron chi connectivity index (χ4n) is 3.78. The smallest absolute Gasteiger partial charge is 0.308 e. The molecule has 0 saturated carbocycles. The number of aliphatic hydroxyl groups excluding tert-OH is 1. The number of carboxylic acids is 1. The van der Waals surface area contributed by atoms with Crippen molar-refractivity contribution in [3.05, 3.63) is 35.9 Å². The first kappa shape index (κ1) is 24.7. The van der Waals surface area contributed by atoms with E-state index in [1.807, 2.05) is 0 Å². The molecule has 0 spiro atoms. The Morgan fingerprint density at radius 3 is 1.54 bits per heavy atom. The van der Waals surface area contributed by atoms with E-state index in [1.165, 1.54) is 89.0 Å². The molecule has 0 saturated heterocycles. The van der Waals surface area contributed by atoms with E-state index < -0.39 is 11.9 Å². The van der Waals surface area contributed by atoms with Crippen LogP contribution in [0, 0.1) is 5.92 Å². The number of aliphatic carboxylic acids is 1. The lowest BCUT2D eigenvalue weighted by Gasteiger charge is -2.08. The maximum atomic E-state index is 10.8. The Kier molecular flexibility index (Phi) is 15.6. The van der Waals surface area contributed by atoms with Crippen LogP contribution in [0.25, 0.3) is 0 Å². The Bertz CT molecular complexity index is 472. The summed E-state index contributed by atoms with van der Waals surface area (Å²) < 4.78 is 0. The molecule has 0 aromatic heterocycles. The Balaban J connectivity index is 1.74. The fraction of sp³-hybridized carbons (Fsp3) is 0.720. The standard InChI is InChI=1S/C25H42O3/c26-22-24(25(27)28)21-17-12-10-8-6-4-2-1-3-5-7-9-11-14-18-23-19-15-13-16-20-23/h13,15-16,19-20,24,26H,1-12,14,17-18,21-22H2,(H,27,28). The minimum Gasteiger partial charge on any atom is -0.481 e. The zero-order valence-corrected chi connectivity index (χ0v) is 17.8. The van der Waals surface area contributed by atoms with E-state index in [4.69, 9.17) is 10.2 Å². The predicted octanol–water partition coefficient (Wildman–Crippen LogP) is 6.77. The minimum absolute atomic E-state index is 0.233. The Hall–Kier alpha value is -1.35. The van der Waals surface area contributed by atoms with E-state index >= 15 is 0 Å². The summed E-state index contributed by atoms with van der Waals surface area (Å²) in [6, 6.07) is 10.8. The summed E-state index contributed by atoms with van der Waals surface area (Å²) in [6.07, 6.45) is 19.9. The molecule has 160 valence electrons. The van der Waals surface area contributed by atoms with Gasteiger partial charge in [0.15, 0.2) is 0 Å². The molecule has 1 aromatic rings. The summed E-state index contributed by atoms with van der Waals surface area (Å²) in [6.45, 7) is -0.233. The molecule has 0 aliphatic rings. The van der Waals surface area contributed by atoms with Gasteiger partial charge in [-0.05, 0) is 24.8 Å². The van der Waals surface area contributed by atoms with Gasteiger partial charge in [-0.3, -0.25) is 4.79 Å². The van der Waals surface area contributed by atoms with Crippen LogP contribution in [0.2, 0.25) is 0 Å². The SMILES string of the molecule is O=C(O)C(CO)CCCCCCCCCCCCCCCCc1ccccc1. The Morgan fingerprint density at radius 2 is 1.11 bits per heavy atom. The van der Waals surface area contributed by atoms with Gasteiger partial charge >= 0.3 is 5.97 Å². The van der Waals surface area contributed by atoms with Gasteiger partial charge in [-0.2, -0.15) is 0 Å². The number of aliphatic hydroxyl groups is 1. The monoisotopic (exact) mass is 390 g/mol. The van der Waals surface area contributed by atoms with Gasteiger partial charge < -0.3 is 10.2 Å². The van der Waals surface area contributed by atoms with Crippen LogP contribution in [0.1, 0.15) is 102 Å². The van der Waals surface area contributed by atoms with E-state index in [2.05, 4.69) is 30.3 Å². The van der Waals surface area contributed by atoms with Crippen molar-refractivity contribution >= 4 is 5.97 Å². The molecule has 3 heteroatoms. The first-order chi connectivity index (χ1) is 13.7. The second-order valence-corrected chi connectivity index (χ2v) is 8.19. The molecule has 3 nitrogen and oxygen atoms in total. The molecule has 0 bridgehead atoms. The Morgan fingerprint density at radius 1 is 0.679 bits per heavy atom. The average molecular weight is 391 g/mol. The molecule has 1 unspecified atom stereocenters. The van der Waals surface area contributed by atoms with Crippen molar-refractivity contribution in [1.29, 1.82) is 0 Å². The molecule has 0 fully saturated rings. The summed E-state index contributed by atoms with van der Waals surface area (Å²) in [4.78, 5) is 10.8. The molecule has 28 heavy (non-hydrogen) atoms. The highest BCUT2D eigenvalue weighted by Gasteiger charge is 2.14. The second kappa shape index (κ2) is 17.7. The van der Waals surface area contributed by atoms with Gasteiger partial charge in [0.25, 0.3) is 0 Å². The molecule has 0 amide bonds. The third-order valence-electron chi connectivity index (χ3n) is 5.68. The fourth-order valence-corrected chi connectivity index (χ4v) is 3.78. The maximum absolute atomic E-state index is 10.8. The molecule has 1 rings (SSSR count). The van der Waals surface area contributed by atoms with Crippen molar-refractivity contribution < 1.29 is 15.0 Å². The third-order valence-corrected chi connectivity index (χ3v) is 5.68. The molecule has 0 radical (unpaired) electrons. The van der Waals surface area contributed by atoms with Crippen molar-refractivity contribution in [1.82, 2.24) is 0 Å². The van der Waals surface area contributed by atoms with Gasteiger partial charge in [-0.15, -0.1) is 0 Å². The average Bonchev–Trinajstić information content (AvgIpc) is 2.71. The highest BCUT2D eigenvalue weighted by Crippen LogP contribution is 2.15. The van der Waals surface area contributed by atoms with E-state index in [0.29, 0.717) is 6.42 Å². The molecule has 0 aliphatic heterocycles. The number of rotatable bonds is 19. The van der Waals surface area contributed by atoms with E-state index in [1.54, 1.807) is 0 Å². The number of carbonyl (C=O) groups is 1. The van der Waals surface area contributed by atoms with Crippen LogP contribution in [-0.2, 0) is 11.2 Å². The number of hydrogen-bond donors (Lipinski definition) is 2. The lowest BCUT2D eigenvalue weighted by atomic mass is 10.0. The van der Waals surface area contributed by atoms with Crippen LogP contribution in [0.15, 0.2) is 30.3 Å². The van der Waals surface area contributed by atoms with E-state index in [0.717, 1.165) is 12.8 Å². The number of aryl methyl sites for hydroxylation is 1. The maximum Gasteiger partial charge on any atom is 0.308 e. The summed E-state index contributed by atoms with van der Waals surface area (Å²) in [5.74, 6) is -1.43. The van der Waals surface area contributed by atoms with E-state index in [9.17, 15) is 4.79 Å². The van der Waals surface area contributed by atoms with E-state index in [-0.39, 0.29) is 6.61 Å².